The second kappa shape index (κ2) is 4.45. The lowest BCUT2D eigenvalue weighted by Gasteiger charge is -2.24. The van der Waals surface area contributed by atoms with Gasteiger partial charge in [-0.3, -0.25) is 4.79 Å². The molecule has 0 aromatic rings. The van der Waals surface area contributed by atoms with Crippen LogP contribution in [0.25, 0.3) is 0 Å². The minimum atomic E-state index is -0.487. The van der Waals surface area contributed by atoms with Crippen LogP contribution in [0.4, 0.5) is 0 Å². The van der Waals surface area contributed by atoms with Crippen molar-refractivity contribution in [1.29, 1.82) is 5.26 Å². The van der Waals surface area contributed by atoms with Crippen molar-refractivity contribution in [3.05, 3.63) is 0 Å². The Kier molecular flexibility index (Phi) is 4.12. The Morgan fingerprint density at radius 2 is 1.86 bits per heavy atom. The van der Waals surface area contributed by atoms with Gasteiger partial charge in [-0.2, -0.15) is 5.26 Å². The number of hydrogen-bond donors (Lipinski definition) is 1. The number of amides is 1. The molecule has 0 fully saturated rings. The summed E-state index contributed by atoms with van der Waals surface area (Å²) in [6.07, 6.45) is 0.797. The van der Waals surface area contributed by atoms with Crippen molar-refractivity contribution in [2.75, 3.05) is 6.54 Å². The van der Waals surface area contributed by atoms with E-state index in [9.17, 15) is 4.79 Å². The highest BCUT2D eigenvalue weighted by atomic mass is 16.2. The van der Waals surface area contributed by atoms with Crippen LogP contribution in [-0.4, -0.2) is 12.5 Å². The van der Waals surface area contributed by atoms with E-state index < -0.39 is 5.41 Å². The van der Waals surface area contributed by atoms with Gasteiger partial charge in [0.05, 0.1) is 11.5 Å². The number of carbonyl (C=O) groups excluding carboxylic acids is 1. The first-order valence-corrected chi connectivity index (χ1v) is 4.95. The molecule has 0 aliphatic rings. The van der Waals surface area contributed by atoms with E-state index >= 15 is 0 Å². The van der Waals surface area contributed by atoms with Crippen LogP contribution in [0.2, 0.25) is 0 Å². The molecule has 1 amide bonds. The van der Waals surface area contributed by atoms with E-state index in [-0.39, 0.29) is 11.3 Å². The number of nitrogens with one attached hydrogen (secondary N) is 1. The first-order chi connectivity index (χ1) is 6.25. The molecule has 0 atom stereocenters. The predicted octanol–water partition coefficient (Wildman–Crippen LogP) is 2.09. The minimum Gasteiger partial charge on any atom is -0.354 e. The van der Waals surface area contributed by atoms with Crippen LogP contribution in [0.1, 0.15) is 41.0 Å². The van der Waals surface area contributed by atoms with E-state index in [2.05, 4.69) is 11.4 Å². The van der Waals surface area contributed by atoms with Crippen LogP contribution in [0.15, 0.2) is 0 Å². The zero-order valence-corrected chi connectivity index (χ0v) is 9.77. The van der Waals surface area contributed by atoms with Crippen molar-refractivity contribution >= 4 is 5.91 Å². The average molecular weight is 196 g/mol. The van der Waals surface area contributed by atoms with E-state index in [1.54, 1.807) is 0 Å². The molecule has 3 heteroatoms. The van der Waals surface area contributed by atoms with Gasteiger partial charge in [0.15, 0.2) is 0 Å². The van der Waals surface area contributed by atoms with Crippen molar-refractivity contribution in [2.45, 2.75) is 41.0 Å². The van der Waals surface area contributed by atoms with Gasteiger partial charge in [-0.25, -0.2) is 0 Å². The highest BCUT2D eigenvalue weighted by Crippen LogP contribution is 2.20. The van der Waals surface area contributed by atoms with Crippen molar-refractivity contribution in [1.82, 2.24) is 5.32 Å². The van der Waals surface area contributed by atoms with E-state index in [0.29, 0.717) is 6.54 Å². The SMILES string of the molecule is CCC(C)(C)C(=O)NCC(C)(C)C#N. The highest BCUT2D eigenvalue weighted by Gasteiger charge is 2.27. The fourth-order valence-corrected chi connectivity index (χ4v) is 0.741. The number of nitrogens with zero attached hydrogens (tertiary/aromatic N) is 1. The Morgan fingerprint density at radius 3 is 2.21 bits per heavy atom. The third-order valence-corrected chi connectivity index (χ3v) is 2.49. The molecule has 0 heterocycles. The van der Waals surface area contributed by atoms with Crippen molar-refractivity contribution in [3.8, 4) is 6.07 Å². The maximum Gasteiger partial charge on any atom is 0.225 e. The number of carbonyl (C=O) groups is 1. The first kappa shape index (κ1) is 13.0. The number of nitriles is 1. The van der Waals surface area contributed by atoms with Crippen molar-refractivity contribution in [3.63, 3.8) is 0 Å². The van der Waals surface area contributed by atoms with E-state index in [1.165, 1.54) is 0 Å². The molecule has 0 aliphatic heterocycles. The van der Waals surface area contributed by atoms with E-state index in [0.717, 1.165) is 6.42 Å². The maximum atomic E-state index is 11.6. The molecule has 0 saturated heterocycles. The highest BCUT2D eigenvalue weighted by molar-refractivity contribution is 5.81. The standard InChI is InChI=1S/C11H20N2O/c1-6-11(4,5)9(14)13-8-10(2,3)7-12/h6,8H2,1-5H3,(H,13,14). The summed E-state index contributed by atoms with van der Waals surface area (Å²) in [6, 6.07) is 2.15. The summed E-state index contributed by atoms with van der Waals surface area (Å²) in [7, 11) is 0. The van der Waals surface area contributed by atoms with E-state index in [1.807, 2.05) is 34.6 Å². The van der Waals surface area contributed by atoms with Crippen LogP contribution < -0.4 is 5.32 Å². The molecule has 0 rings (SSSR count). The van der Waals surface area contributed by atoms with Crippen LogP contribution in [0.5, 0.6) is 0 Å². The lowest BCUT2D eigenvalue weighted by molar-refractivity contribution is -0.129. The van der Waals surface area contributed by atoms with Crippen LogP contribution in [0, 0.1) is 22.2 Å². The fraction of sp³-hybridized carbons (Fsp3) is 0.818. The molecule has 0 aromatic heterocycles. The number of rotatable bonds is 4. The van der Waals surface area contributed by atoms with Gasteiger partial charge in [-0.15, -0.1) is 0 Å². The Balaban J connectivity index is 4.19. The van der Waals surface area contributed by atoms with Gasteiger partial charge in [0.25, 0.3) is 0 Å². The molecule has 1 N–H and O–H groups in total. The van der Waals surface area contributed by atoms with Gasteiger partial charge in [0, 0.05) is 12.0 Å². The Bertz CT molecular complexity index is 249. The van der Waals surface area contributed by atoms with E-state index in [4.69, 9.17) is 5.26 Å². The quantitative estimate of drug-likeness (QED) is 0.748. The predicted molar refractivity (Wildman–Crippen MR) is 56.5 cm³/mol. The molecular formula is C11H20N2O. The summed E-state index contributed by atoms with van der Waals surface area (Å²) in [6.45, 7) is 9.82. The van der Waals surface area contributed by atoms with Gasteiger partial charge in [-0.05, 0) is 20.3 Å². The number of hydrogen-bond acceptors (Lipinski definition) is 2. The molecular weight excluding hydrogens is 176 g/mol. The molecule has 0 aliphatic carbocycles. The lowest BCUT2D eigenvalue weighted by Crippen LogP contribution is -2.40. The fourth-order valence-electron chi connectivity index (χ4n) is 0.741. The molecule has 80 valence electrons. The van der Waals surface area contributed by atoms with Crippen LogP contribution in [0.3, 0.4) is 0 Å². The van der Waals surface area contributed by atoms with Gasteiger partial charge in [-0.1, -0.05) is 20.8 Å². The maximum absolute atomic E-state index is 11.6. The second-order valence-corrected chi connectivity index (χ2v) is 4.92. The Morgan fingerprint density at radius 1 is 1.36 bits per heavy atom. The van der Waals surface area contributed by atoms with Gasteiger partial charge in [0.1, 0.15) is 0 Å². The van der Waals surface area contributed by atoms with Gasteiger partial charge >= 0.3 is 0 Å². The van der Waals surface area contributed by atoms with Crippen LogP contribution >= 0.6 is 0 Å². The monoisotopic (exact) mass is 196 g/mol. The van der Waals surface area contributed by atoms with Crippen molar-refractivity contribution < 1.29 is 4.79 Å². The molecule has 14 heavy (non-hydrogen) atoms. The summed E-state index contributed by atoms with van der Waals surface area (Å²) >= 11 is 0. The second-order valence-electron chi connectivity index (χ2n) is 4.92. The van der Waals surface area contributed by atoms with Gasteiger partial charge < -0.3 is 5.32 Å². The normalized spacial score (nSPS) is 12.0. The zero-order chi connectivity index (χ0) is 11.4. The summed E-state index contributed by atoms with van der Waals surface area (Å²) in [4.78, 5) is 11.6. The van der Waals surface area contributed by atoms with Crippen molar-refractivity contribution in [2.24, 2.45) is 10.8 Å². The molecule has 0 saturated carbocycles. The largest absolute Gasteiger partial charge is 0.354 e. The smallest absolute Gasteiger partial charge is 0.225 e. The lowest BCUT2D eigenvalue weighted by atomic mass is 9.88. The third-order valence-electron chi connectivity index (χ3n) is 2.49. The Labute approximate surface area is 86.5 Å². The summed E-state index contributed by atoms with van der Waals surface area (Å²) < 4.78 is 0. The summed E-state index contributed by atoms with van der Waals surface area (Å²) in [5, 5.41) is 11.6. The summed E-state index contributed by atoms with van der Waals surface area (Å²) in [5.41, 5.74) is -0.828. The summed E-state index contributed by atoms with van der Waals surface area (Å²) in [5.74, 6) is 0.0170. The van der Waals surface area contributed by atoms with Crippen LogP contribution in [-0.2, 0) is 4.79 Å². The molecule has 0 unspecified atom stereocenters. The topological polar surface area (TPSA) is 52.9 Å². The minimum absolute atomic E-state index is 0.0170. The third kappa shape index (κ3) is 3.78. The molecule has 0 spiro atoms. The molecule has 3 nitrogen and oxygen atoms in total. The molecule has 0 aromatic carbocycles. The Hall–Kier alpha value is -1.04. The molecule has 0 bridgehead atoms. The molecule has 0 radical (unpaired) electrons. The zero-order valence-electron chi connectivity index (χ0n) is 9.77. The van der Waals surface area contributed by atoms with Gasteiger partial charge in [0.2, 0.25) is 5.91 Å². The first-order valence-electron chi connectivity index (χ1n) is 4.95. The average Bonchev–Trinajstić information content (AvgIpc) is 2.14.